The molecule has 1 aliphatic heterocycles. The first kappa shape index (κ1) is 8.72. The molecular formula is C9H16N4. The quantitative estimate of drug-likeness (QED) is 0.705. The molecule has 2 N–H and O–H groups in total. The summed E-state index contributed by atoms with van der Waals surface area (Å²) in [6.07, 6.45) is 4.87. The van der Waals surface area contributed by atoms with Gasteiger partial charge >= 0.3 is 0 Å². The van der Waals surface area contributed by atoms with Gasteiger partial charge in [-0.15, -0.1) is 0 Å². The monoisotopic (exact) mass is 180 g/mol. The average Bonchev–Trinajstić information content (AvgIpc) is 2.53. The number of rotatable bonds is 3. The third-order valence-electron chi connectivity index (χ3n) is 2.73. The Morgan fingerprint density at radius 3 is 2.77 bits per heavy atom. The lowest BCUT2D eigenvalue weighted by atomic mass is 9.87. The van der Waals surface area contributed by atoms with Crippen LogP contribution in [0.15, 0.2) is 18.5 Å². The van der Waals surface area contributed by atoms with Crippen LogP contribution in [0.5, 0.6) is 0 Å². The van der Waals surface area contributed by atoms with Crippen LogP contribution in [0, 0.1) is 0 Å². The van der Waals surface area contributed by atoms with E-state index in [9.17, 15) is 0 Å². The molecule has 13 heavy (non-hydrogen) atoms. The molecule has 0 radical (unpaired) electrons. The second-order valence-corrected chi connectivity index (χ2v) is 3.89. The summed E-state index contributed by atoms with van der Waals surface area (Å²) in [6.45, 7) is 2.85. The van der Waals surface area contributed by atoms with Crippen molar-refractivity contribution in [3.05, 3.63) is 18.5 Å². The summed E-state index contributed by atoms with van der Waals surface area (Å²) in [5.74, 6) is 0. The van der Waals surface area contributed by atoms with Crippen LogP contribution in [0.25, 0.3) is 0 Å². The van der Waals surface area contributed by atoms with E-state index < -0.39 is 0 Å². The molecule has 1 fully saturated rings. The minimum atomic E-state index is 0.174. The topological polar surface area (TPSA) is 47.1 Å². The summed E-state index contributed by atoms with van der Waals surface area (Å²) < 4.78 is 2.06. The normalized spacial score (nSPS) is 21.4. The number of aromatic nitrogens is 2. The SMILES string of the molecule is CN1CC(CCN)(n2cccn2)C1. The Kier molecular flexibility index (Phi) is 2.09. The fourth-order valence-electron chi connectivity index (χ4n) is 2.19. The highest BCUT2D eigenvalue weighted by Crippen LogP contribution is 2.29. The van der Waals surface area contributed by atoms with E-state index in [1.165, 1.54) is 0 Å². The van der Waals surface area contributed by atoms with Crippen molar-refractivity contribution in [3.63, 3.8) is 0 Å². The van der Waals surface area contributed by atoms with E-state index in [4.69, 9.17) is 5.73 Å². The largest absolute Gasteiger partial charge is 0.330 e. The fraction of sp³-hybridized carbons (Fsp3) is 0.667. The van der Waals surface area contributed by atoms with Gasteiger partial charge in [0.05, 0.1) is 5.54 Å². The molecule has 0 amide bonds. The van der Waals surface area contributed by atoms with Crippen molar-refractivity contribution in [3.8, 4) is 0 Å². The summed E-state index contributed by atoms with van der Waals surface area (Å²) in [5.41, 5.74) is 5.79. The van der Waals surface area contributed by atoms with Gasteiger partial charge < -0.3 is 10.6 Å². The van der Waals surface area contributed by atoms with E-state index in [1.807, 2.05) is 18.5 Å². The van der Waals surface area contributed by atoms with Crippen molar-refractivity contribution in [1.29, 1.82) is 0 Å². The summed E-state index contributed by atoms with van der Waals surface area (Å²) in [6, 6.07) is 1.97. The minimum absolute atomic E-state index is 0.174. The lowest BCUT2D eigenvalue weighted by Crippen LogP contribution is -2.61. The van der Waals surface area contributed by atoms with Crippen molar-refractivity contribution in [2.75, 3.05) is 26.7 Å². The number of likely N-dealkylation sites (tertiary alicyclic amines) is 1. The van der Waals surface area contributed by atoms with Gasteiger partial charge in [0, 0.05) is 25.5 Å². The predicted octanol–water partition coefficient (Wildman–Crippen LogP) is -0.127. The van der Waals surface area contributed by atoms with Crippen LogP contribution in [0.1, 0.15) is 6.42 Å². The summed E-state index contributed by atoms with van der Waals surface area (Å²) in [7, 11) is 2.12. The van der Waals surface area contributed by atoms with Gasteiger partial charge in [0.2, 0.25) is 0 Å². The summed E-state index contributed by atoms with van der Waals surface area (Å²) >= 11 is 0. The Morgan fingerprint density at radius 1 is 1.54 bits per heavy atom. The van der Waals surface area contributed by atoms with E-state index in [2.05, 4.69) is 21.7 Å². The van der Waals surface area contributed by atoms with Gasteiger partial charge in [-0.3, -0.25) is 4.68 Å². The van der Waals surface area contributed by atoms with Gasteiger partial charge in [0.25, 0.3) is 0 Å². The van der Waals surface area contributed by atoms with Crippen LogP contribution in [0.2, 0.25) is 0 Å². The van der Waals surface area contributed by atoms with Gasteiger partial charge in [-0.1, -0.05) is 0 Å². The van der Waals surface area contributed by atoms with E-state index >= 15 is 0 Å². The van der Waals surface area contributed by atoms with Crippen molar-refractivity contribution in [2.45, 2.75) is 12.0 Å². The molecule has 4 nitrogen and oxygen atoms in total. The van der Waals surface area contributed by atoms with Crippen LogP contribution in [-0.4, -0.2) is 41.4 Å². The third-order valence-corrected chi connectivity index (χ3v) is 2.73. The summed E-state index contributed by atoms with van der Waals surface area (Å²) in [4.78, 5) is 2.29. The smallest absolute Gasteiger partial charge is 0.0891 e. The Hall–Kier alpha value is -0.870. The number of hydrogen-bond donors (Lipinski definition) is 1. The molecule has 0 spiro atoms. The maximum Gasteiger partial charge on any atom is 0.0891 e. The molecule has 1 aromatic heterocycles. The molecule has 2 rings (SSSR count). The zero-order chi connectivity index (χ0) is 9.31. The number of nitrogens with two attached hydrogens (primary N) is 1. The first-order valence-corrected chi connectivity index (χ1v) is 4.66. The third kappa shape index (κ3) is 1.36. The molecular weight excluding hydrogens is 164 g/mol. The molecule has 1 saturated heterocycles. The number of nitrogens with zero attached hydrogens (tertiary/aromatic N) is 3. The Labute approximate surface area is 78.3 Å². The Morgan fingerprint density at radius 2 is 2.31 bits per heavy atom. The van der Waals surface area contributed by atoms with Gasteiger partial charge in [-0.2, -0.15) is 5.10 Å². The molecule has 0 aromatic carbocycles. The number of hydrogen-bond acceptors (Lipinski definition) is 3. The van der Waals surface area contributed by atoms with Crippen LogP contribution in [0.3, 0.4) is 0 Å². The molecule has 1 aliphatic rings. The van der Waals surface area contributed by atoms with Crippen molar-refractivity contribution in [2.24, 2.45) is 5.73 Å². The van der Waals surface area contributed by atoms with E-state index in [1.54, 1.807) is 0 Å². The highest BCUT2D eigenvalue weighted by Gasteiger charge is 2.42. The van der Waals surface area contributed by atoms with Crippen molar-refractivity contribution < 1.29 is 0 Å². The standard InChI is InChI=1S/C9H16N4/c1-12-7-9(8-12,3-4-10)13-6-2-5-11-13/h2,5-6H,3-4,7-8,10H2,1H3. The molecule has 72 valence electrons. The van der Waals surface area contributed by atoms with Gasteiger partial charge in [0.15, 0.2) is 0 Å². The predicted molar refractivity (Wildman–Crippen MR) is 51.4 cm³/mol. The highest BCUT2D eigenvalue weighted by atomic mass is 15.4. The van der Waals surface area contributed by atoms with Gasteiger partial charge in [-0.25, -0.2) is 0 Å². The zero-order valence-electron chi connectivity index (χ0n) is 7.98. The van der Waals surface area contributed by atoms with Crippen LogP contribution < -0.4 is 5.73 Å². The van der Waals surface area contributed by atoms with Crippen molar-refractivity contribution >= 4 is 0 Å². The minimum Gasteiger partial charge on any atom is -0.330 e. The summed E-state index contributed by atoms with van der Waals surface area (Å²) in [5, 5.41) is 4.30. The van der Waals surface area contributed by atoms with E-state index in [0.29, 0.717) is 0 Å². The molecule has 0 bridgehead atoms. The number of likely N-dealkylation sites (N-methyl/N-ethyl adjacent to an activating group) is 1. The maximum absolute atomic E-state index is 5.62. The highest BCUT2D eigenvalue weighted by molar-refractivity contribution is 5.00. The molecule has 4 heteroatoms. The Bertz CT molecular complexity index is 256. The molecule has 0 saturated carbocycles. The zero-order valence-corrected chi connectivity index (χ0v) is 7.98. The first-order chi connectivity index (χ1) is 6.27. The van der Waals surface area contributed by atoms with Crippen molar-refractivity contribution in [1.82, 2.24) is 14.7 Å². The lowest BCUT2D eigenvalue weighted by molar-refractivity contribution is 0.0173. The lowest BCUT2D eigenvalue weighted by Gasteiger charge is -2.48. The molecule has 0 aliphatic carbocycles. The van der Waals surface area contributed by atoms with Crippen LogP contribution in [-0.2, 0) is 5.54 Å². The molecule has 2 heterocycles. The van der Waals surface area contributed by atoms with Gasteiger partial charge in [-0.05, 0) is 26.1 Å². The molecule has 0 atom stereocenters. The average molecular weight is 180 g/mol. The second kappa shape index (κ2) is 3.12. The van der Waals surface area contributed by atoms with E-state index in [-0.39, 0.29) is 5.54 Å². The Balaban J connectivity index is 2.16. The van der Waals surface area contributed by atoms with Crippen LogP contribution in [0.4, 0.5) is 0 Å². The second-order valence-electron chi connectivity index (χ2n) is 3.89. The molecule has 1 aromatic rings. The fourth-order valence-corrected chi connectivity index (χ4v) is 2.19. The maximum atomic E-state index is 5.62. The van der Waals surface area contributed by atoms with Gasteiger partial charge in [0.1, 0.15) is 0 Å². The van der Waals surface area contributed by atoms with E-state index in [0.717, 1.165) is 26.1 Å². The molecule has 0 unspecified atom stereocenters. The first-order valence-electron chi connectivity index (χ1n) is 4.66. The van der Waals surface area contributed by atoms with Crippen LogP contribution >= 0.6 is 0 Å².